The molecule has 2 aromatic rings. The third-order valence-corrected chi connectivity index (χ3v) is 4.40. The lowest BCUT2D eigenvalue weighted by Crippen LogP contribution is -2.44. The number of hydrogen-bond donors (Lipinski definition) is 2. The van der Waals surface area contributed by atoms with Crippen LogP contribution in [-0.4, -0.2) is 29.5 Å². The number of carbonyl (C=O) groups excluding carboxylic acids is 1. The second-order valence-corrected chi connectivity index (χ2v) is 6.99. The molecule has 0 aliphatic carbocycles. The van der Waals surface area contributed by atoms with Crippen molar-refractivity contribution in [1.29, 1.82) is 0 Å². The molecule has 0 unspecified atom stereocenters. The number of carbonyl (C=O) groups is 2. The summed E-state index contributed by atoms with van der Waals surface area (Å²) in [6.45, 7) is 4.09. The molecule has 0 bridgehead atoms. The topological polar surface area (TPSA) is 75.6 Å². The number of fused-ring (bicyclic) bond motifs is 1. The van der Waals surface area contributed by atoms with Crippen LogP contribution in [0.1, 0.15) is 45.7 Å². The van der Waals surface area contributed by atoms with E-state index in [1.807, 2.05) is 19.9 Å². The van der Waals surface area contributed by atoms with E-state index in [-0.39, 0.29) is 16.9 Å². The van der Waals surface area contributed by atoms with Gasteiger partial charge in [0.2, 0.25) is 0 Å². The van der Waals surface area contributed by atoms with Crippen molar-refractivity contribution in [3.05, 3.63) is 70.8 Å². The second-order valence-electron chi connectivity index (χ2n) is 6.99. The van der Waals surface area contributed by atoms with Crippen LogP contribution in [0.25, 0.3) is 5.70 Å². The van der Waals surface area contributed by atoms with E-state index < -0.39 is 5.97 Å². The van der Waals surface area contributed by atoms with Crippen molar-refractivity contribution in [3.8, 4) is 5.75 Å². The Kier molecular flexibility index (Phi) is 4.55. The maximum atomic E-state index is 12.8. The Morgan fingerprint density at radius 2 is 1.92 bits per heavy atom. The number of rotatable bonds is 4. The van der Waals surface area contributed by atoms with Crippen LogP contribution in [-0.2, 0) is 6.42 Å². The molecule has 2 N–H and O–H groups in total. The number of carboxylic acid groups (broad SMARTS) is 1. The van der Waals surface area contributed by atoms with E-state index in [0.29, 0.717) is 17.0 Å². The van der Waals surface area contributed by atoms with Gasteiger partial charge in [-0.15, -0.1) is 0 Å². The van der Waals surface area contributed by atoms with Gasteiger partial charge in [-0.25, -0.2) is 4.79 Å². The molecule has 1 heterocycles. The van der Waals surface area contributed by atoms with Crippen molar-refractivity contribution in [1.82, 2.24) is 5.32 Å². The zero-order valence-corrected chi connectivity index (χ0v) is 15.0. The Bertz CT molecular complexity index is 912. The fraction of sp³-hybridized carbons (Fsp3) is 0.238. The standard InChI is InChI=1S/C21H21NO4/c1-21(2)12-14-9-8-13(20(24)25)10-16(14)17(22-21)11-18(23)15-6-4-5-7-19(15)26-3/h4-11,22H,12H2,1-3H3,(H,24,25). The second kappa shape index (κ2) is 6.67. The number of benzene rings is 2. The molecule has 5 nitrogen and oxygen atoms in total. The lowest BCUT2D eigenvalue weighted by molar-refractivity contribution is 0.0696. The van der Waals surface area contributed by atoms with E-state index in [0.717, 1.165) is 17.5 Å². The van der Waals surface area contributed by atoms with Gasteiger partial charge in [0.1, 0.15) is 5.75 Å². The molecule has 3 rings (SSSR count). The number of carboxylic acids is 1. The monoisotopic (exact) mass is 351 g/mol. The van der Waals surface area contributed by atoms with E-state index in [2.05, 4.69) is 5.32 Å². The molecule has 0 radical (unpaired) electrons. The molecule has 0 amide bonds. The van der Waals surface area contributed by atoms with Gasteiger partial charge in [-0.05, 0) is 50.1 Å². The summed E-state index contributed by atoms with van der Waals surface area (Å²) >= 11 is 0. The first-order valence-corrected chi connectivity index (χ1v) is 8.34. The average Bonchev–Trinajstić information content (AvgIpc) is 2.60. The zero-order chi connectivity index (χ0) is 18.9. The number of ketones is 1. The first-order valence-electron chi connectivity index (χ1n) is 8.34. The van der Waals surface area contributed by atoms with Gasteiger partial charge in [-0.2, -0.15) is 0 Å². The quantitative estimate of drug-likeness (QED) is 0.651. The van der Waals surface area contributed by atoms with Crippen LogP contribution in [0.5, 0.6) is 5.75 Å². The summed E-state index contributed by atoms with van der Waals surface area (Å²) in [4.78, 5) is 24.1. The van der Waals surface area contributed by atoms with Crippen LogP contribution in [0, 0.1) is 0 Å². The number of para-hydroxylation sites is 1. The minimum absolute atomic E-state index is 0.195. The first kappa shape index (κ1) is 17.7. The minimum atomic E-state index is -0.993. The normalized spacial score (nSPS) is 16.5. The fourth-order valence-electron chi connectivity index (χ4n) is 3.24. The summed E-state index contributed by atoms with van der Waals surface area (Å²) in [7, 11) is 1.52. The minimum Gasteiger partial charge on any atom is -0.496 e. The predicted molar refractivity (Wildman–Crippen MR) is 99.6 cm³/mol. The highest BCUT2D eigenvalue weighted by atomic mass is 16.5. The summed E-state index contributed by atoms with van der Waals surface area (Å²) in [6.07, 6.45) is 2.26. The highest BCUT2D eigenvalue weighted by molar-refractivity contribution is 6.10. The number of allylic oxidation sites excluding steroid dienone is 1. The van der Waals surface area contributed by atoms with Crippen molar-refractivity contribution in [2.75, 3.05) is 7.11 Å². The van der Waals surface area contributed by atoms with E-state index in [1.165, 1.54) is 13.2 Å². The molecule has 134 valence electrons. The lowest BCUT2D eigenvalue weighted by Gasteiger charge is -2.35. The summed E-state index contributed by atoms with van der Waals surface area (Å²) in [5, 5.41) is 12.6. The van der Waals surface area contributed by atoms with Crippen LogP contribution in [0.2, 0.25) is 0 Å². The third kappa shape index (κ3) is 3.47. The van der Waals surface area contributed by atoms with Crippen LogP contribution in [0.3, 0.4) is 0 Å². The van der Waals surface area contributed by atoms with Crippen molar-refractivity contribution in [3.63, 3.8) is 0 Å². The smallest absolute Gasteiger partial charge is 0.335 e. The number of methoxy groups -OCH3 is 1. The molecule has 0 atom stereocenters. The highest BCUT2D eigenvalue weighted by Gasteiger charge is 2.29. The molecule has 0 fully saturated rings. The molecule has 26 heavy (non-hydrogen) atoms. The molecular formula is C21H21NO4. The van der Waals surface area contributed by atoms with Gasteiger partial charge in [0.15, 0.2) is 5.78 Å². The van der Waals surface area contributed by atoms with Crippen molar-refractivity contribution >= 4 is 17.4 Å². The van der Waals surface area contributed by atoms with Crippen LogP contribution in [0.4, 0.5) is 0 Å². The highest BCUT2D eigenvalue weighted by Crippen LogP contribution is 2.31. The Morgan fingerprint density at radius 3 is 2.62 bits per heavy atom. The van der Waals surface area contributed by atoms with Gasteiger partial charge in [-0.3, -0.25) is 4.79 Å². The molecule has 0 spiro atoms. The summed E-state index contributed by atoms with van der Waals surface area (Å²) in [6, 6.07) is 12.1. The van der Waals surface area contributed by atoms with E-state index in [1.54, 1.807) is 36.4 Å². The maximum Gasteiger partial charge on any atom is 0.335 e. The summed E-state index contributed by atoms with van der Waals surface area (Å²) < 4.78 is 5.27. The SMILES string of the molecule is COc1ccccc1C(=O)C=C1NC(C)(C)Cc2ccc(C(=O)O)cc21. The molecule has 0 aromatic heterocycles. The van der Waals surface area contributed by atoms with Crippen molar-refractivity contribution in [2.24, 2.45) is 0 Å². The Morgan fingerprint density at radius 1 is 1.19 bits per heavy atom. The van der Waals surface area contributed by atoms with Gasteiger partial charge in [-0.1, -0.05) is 18.2 Å². The maximum absolute atomic E-state index is 12.8. The first-order chi connectivity index (χ1) is 12.3. The lowest BCUT2D eigenvalue weighted by atomic mass is 9.84. The molecule has 5 heteroatoms. The van der Waals surface area contributed by atoms with Crippen molar-refractivity contribution < 1.29 is 19.4 Å². The van der Waals surface area contributed by atoms with Crippen LogP contribution >= 0.6 is 0 Å². The zero-order valence-electron chi connectivity index (χ0n) is 15.0. The van der Waals surface area contributed by atoms with Crippen LogP contribution in [0.15, 0.2) is 48.5 Å². The summed E-state index contributed by atoms with van der Waals surface area (Å²) in [5.41, 5.74) is 2.79. The molecule has 0 saturated carbocycles. The van der Waals surface area contributed by atoms with E-state index in [9.17, 15) is 14.7 Å². The number of hydrogen-bond acceptors (Lipinski definition) is 4. The third-order valence-electron chi connectivity index (χ3n) is 4.40. The van der Waals surface area contributed by atoms with Gasteiger partial charge in [0.05, 0.1) is 18.2 Å². The van der Waals surface area contributed by atoms with Gasteiger partial charge in [0.25, 0.3) is 0 Å². The largest absolute Gasteiger partial charge is 0.496 e. The molecule has 1 aliphatic heterocycles. The summed E-state index contributed by atoms with van der Waals surface area (Å²) in [5.74, 6) is -0.689. The number of aromatic carboxylic acids is 1. The number of nitrogens with one attached hydrogen (secondary N) is 1. The van der Waals surface area contributed by atoms with E-state index >= 15 is 0 Å². The fourth-order valence-corrected chi connectivity index (χ4v) is 3.24. The molecule has 1 aliphatic rings. The Labute approximate surface area is 152 Å². The van der Waals surface area contributed by atoms with Gasteiger partial charge < -0.3 is 15.2 Å². The van der Waals surface area contributed by atoms with Gasteiger partial charge >= 0.3 is 5.97 Å². The Hall–Kier alpha value is -3.08. The predicted octanol–water partition coefficient (Wildman–Crippen LogP) is 3.54. The molecule has 0 saturated heterocycles. The van der Waals surface area contributed by atoms with Crippen LogP contribution < -0.4 is 10.1 Å². The number of ether oxygens (including phenoxy) is 1. The van der Waals surface area contributed by atoms with E-state index in [4.69, 9.17) is 4.74 Å². The Balaban J connectivity index is 2.09. The van der Waals surface area contributed by atoms with Gasteiger partial charge in [0, 0.05) is 22.9 Å². The average molecular weight is 351 g/mol. The molecular weight excluding hydrogens is 330 g/mol. The van der Waals surface area contributed by atoms with Crippen molar-refractivity contribution in [2.45, 2.75) is 25.8 Å². The molecule has 2 aromatic carbocycles.